The van der Waals surface area contributed by atoms with E-state index in [1.807, 2.05) is 23.8 Å². The van der Waals surface area contributed by atoms with Gasteiger partial charge in [0.2, 0.25) is 0 Å². The van der Waals surface area contributed by atoms with Gasteiger partial charge in [0.15, 0.2) is 0 Å². The predicted molar refractivity (Wildman–Crippen MR) is 80.1 cm³/mol. The molecule has 0 fully saturated rings. The molecule has 2 heterocycles. The van der Waals surface area contributed by atoms with Crippen LogP contribution in [0.3, 0.4) is 0 Å². The van der Waals surface area contributed by atoms with Crippen molar-refractivity contribution in [2.75, 3.05) is 5.88 Å². The molecule has 0 saturated heterocycles. The van der Waals surface area contributed by atoms with Crippen molar-refractivity contribution in [3.8, 4) is 6.07 Å². The number of nitriles is 1. The highest BCUT2D eigenvalue weighted by Crippen LogP contribution is 2.22. The number of hydrogen-bond donors (Lipinski definition) is 0. The molecule has 0 aliphatic carbocycles. The average molecular weight is 303 g/mol. The van der Waals surface area contributed by atoms with Crippen LogP contribution in [-0.2, 0) is 13.0 Å². The molecule has 0 N–H and O–H groups in total. The maximum Gasteiger partial charge on any atom is 0.111 e. The highest BCUT2D eigenvalue weighted by Gasteiger charge is 2.13. The van der Waals surface area contributed by atoms with Gasteiger partial charge in [-0.1, -0.05) is 6.07 Å². The van der Waals surface area contributed by atoms with Gasteiger partial charge in [-0.15, -0.1) is 22.9 Å². The quantitative estimate of drug-likeness (QED) is 0.695. The number of halogens is 1. The molecule has 100 valence electrons. The van der Waals surface area contributed by atoms with E-state index in [9.17, 15) is 5.26 Å². The van der Waals surface area contributed by atoms with E-state index in [0.29, 0.717) is 24.4 Å². The molecule has 0 atom stereocenters. The maximum absolute atomic E-state index is 9.19. The van der Waals surface area contributed by atoms with Crippen LogP contribution in [0.25, 0.3) is 11.0 Å². The monoisotopic (exact) mass is 302 g/mol. The Bertz CT molecular complexity index is 770. The van der Waals surface area contributed by atoms with E-state index in [2.05, 4.69) is 20.6 Å². The smallest absolute Gasteiger partial charge is 0.111 e. The molecule has 0 spiro atoms. The second-order valence-electron chi connectivity index (χ2n) is 4.31. The van der Waals surface area contributed by atoms with Crippen molar-refractivity contribution in [2.24, 2.45) is 0 Å². The number of hydrogen-bond acceptors (Lipinski definition) is 4. The normalized spacial score (nSPS) is 10.8. The number of para-hydroxylation sites is 1. The second kappa shape index (κ2) is 5.61. The number of thiazole rings is 1. The zero-order chi connectivity index (χ0) is 13.9. The third kappa shape index (κ3) is 2.28. The molecule has 1 aromatic carbocycles. The number of aryl methyl sites for hydroxylation is 1. The molecule has 2 aromatic heterocycles. The first-order valence-electron chi connectivity index (χ1n) is 6.15. The number of benzene rings is 1. The third-order valence-electron chi connectivity index (χ3n) is 3.09. The Hall–Kier alpha value is -1.90. The molecule has 0 bridgehead atoms. The van der Waals surface area contributed by atoms with Crippen LogP contribution < -0.4 is 0 Å². The zero-order valence-corrected chi connectivity index (χ0v) is 12.2. The first-order chi connectivity index (χ1) is 9.83. The van der Waals surface area contributed by atoms with Crippen LogP contribution in [0.5, 0.6) is 0 Å². The Kier molecular flexibility index (Phi) is 3.68. The van der Waals surface area contributed by atoms with Crippen LogP contribution in [0.2, 0.25) is 0 Å². The Morgan fingerprint density at radius 2 is 2.30 bits per heavy atom. The fourth-order valence-corrected chi connectivity index (χ4v) is 2.96. The Labute approximate surface area is 125 Å². The van der Waals surface area contributed by atoms with Crippen LogP contribution in [0.1, 0.15) is 16.3 Å². The van der Waals surface area contributed by atoms with Crippen molar-refractivity contribution in [3.63, 3.8) is 0 Å². The van der Waals surface area contributed by atoms with Gasteiger partial charge in [-0.25, -0.2) is 4.98 Å². The molecule has 6 heteroatoms. The number of rotatable bonds is 4. The number of aromatic nitrogens is 3. The van der Waals surface area contributed by atoms with Crippen molar-refractivity contribution in [3.05, 3.63) is 46.2 Å². The van der Waals surface area contributed by atoms with Crippen molar-refractivity contribution in [1.82, 2.24) is 14.5 Å². The predicted octanol–water partition coefficient (Wildman–Crippen LogP) is 3.19. The zero-order valence-electron chi connectivity index (χ0n) is 10.6. The minimum Gasteiger partial charge on any atom is -0.323 e. The minimum atomic E-state index is 0.508. The molecule has 3 aromatic rings. The summed E-state index contributed by atoms with van der Waals surface area (Å²) in [5.41, 5.74) is 4.13. The van der Waals surface area contributed by atoms with E-state index >= 15 is 0 Å². The lowest BCUT2D eigenvalue weighted by molar-refractivity contribution is 0.762. The summed E-state index contributed by atoms with van der Waals surface area (Å²) in [5, 5.41) is 9.19. The second-order valence-corrected chi connectivity index (χ2v) is 5.65. The number of fused-ring (bicyclic) bond motifs is 1. The lowest BCUT2D eigenvalue weighted by Crippen LogP contribution is -2.04. The number of alkyl halides is 1. The van der Waals surface area contributed by atoms with Gasteiger partial charge >= 0.3 is 0 Å². The molecule has 0 aliphatic rings. The SMILES string of the molecule is N#Cc1cccc2c1nc(CCCl)n2Cc1cncs1. The van der Waals surface area contributed by atoms with Gasteiger partial charge in [0.1, 0.15) is 17.4 Å². The van der Waals surface area contributed by atoms with E-state index in [-0.39, 0.29) is 0 Å². The van der Waals surface area contributed by atoms with Gasteiger partial charge in [-0.2, -0.15) is 5.26 Å². The fraction of sp³-hybridized carbons (Fsp3) is 0.214. The lowest BCUT2D eigenvalue weighted by atomic mass is 10.2. The summed E-state index contributed by atoms with van der Waals surface area (Å²) >= 11 is 7.47. The summed E-state index contributed by atoms with van der Waals surface area (Å²) in [7, 11) is 0. The van der Waals surface area contributed by atoms with Gasteiger partial charge in [-0.05, 0) is 12.1 Å². The van der Waals surface area contributed by atoms with E-state index < -0.39 is 0 Å². The summed E-state index contributed by atoms with van der Waals surface area (Å²) in [5.74, 6) is 1.42. The van der Waals surface area contributed by atoms with Crippen LogP contribution in [-0.4, -0.2) is 20.4 Å². The summed E-state index contributed by atoms with van der Waals surface area (Å²) in [6, 6.07) is 7.85. The minimum absolute atomic E-state index is 0.508. The topological polar surface area (TPSA) is 54.5 Å². The van der Waals surface area contributed by atoms with Crippen LogP contribution in [0.15, 0.2) is 29.9 Å². The molecule has 4 nitrogen and oxygen atoms in total. The van der Waals surface area contributed by atoms with E-state index in [1.54, 1.807) is 17.4 Å². The third-order valence-corrected chi connectivity index (χ3v) is 4.05. The average Bonchev–Trinajstić information content (AvgIpc) is 3.08. The molecule has 20 heavy (non-hydrogen) atoms. The van der Waals surface area contributed by atoms with Crippen molar-refractivity contribution in [2.45, 2.75) is 13.0 Å². The molecule has 0 unspecified atom stereocenters. The van der Waals surface area contributed by atoms with Crippen molar-refractivity contribution >= 4 is 34.0 Å². The lowest BCUT2D eigenvalue weighted by Gasteiger charge is -2.06. The van der Waals surface area contributed by atoms with Gasteiger partial charge in [0.05, 0.1) is 23.1 Å². The van der Waals surface area contributed by atoms with Crippen LogP contribution in [0, 0.1) is 11.3 Å². The first-order valence-corrected chi connectivity index (χ1v) is 7.56. The van der Waals surface area contributed by atoms with E-state index in [1.165, 1.54) is 0 Å². The highest BCUT2D eigenvalue weighted by atomic mass is 35.5. The van der Waals surface area contributed by atoms with Gasteiger partial charge in [0, 0.05) is 23.4 Å². The summed E-state index contributed by atoms with van der Waals surface area (Å²) in [6.07, 6.45) is 2.54. The number of imidazole rings is 1. The van der Waals surface area contributed by atoms with Crippen molar-refractivity contribution in [1.29, 1.82) is 5.26 Å². The molecule has 0 saturated carbocycles. The molecule has 0 aliphatic heterocycles. The summed E-state index contributed by atoms with van der Waals surface area (Å²) < 4.78 is 2.12. The molecule has 3 rings (SSSR count). The Morgan fingerprint density at radius 3 is 3.00 bits per heavy atom. The molecular formula is C14H11ClN4S. The highest BCUT2D eigenvalue weighted by molar-refractivity contribution is 7.09. The number of nitrogens with zero attached hydrogens (tertiary/aromatic N) is 4. The molecular weight excluding hydrogens is 292 g/mol. The summed E-state index contributed by atoms with van der Waals surface area (Å²) in [6.45, 7) is 0.711. The van der Waals surface area contributed by atoms with E-state index in [4.69, 9.17) is 11.6 Å². The fourth-order valence-electron chi connectivity index (χ4n) is 2.21. The Balaban J connectivity index is 2.17. The van der Waals surface area contributed by atoms with Crippen molar-refractivity contribution < 1.29 is 0 Å². The summed E-state index contributed by atoms with van der Waals surface area (Å²) in [4.78, 5) is 9.85. The molecule has 0 amide bonds. The maximum atomic E-state index is 9.19. The Morgan fingerprint density at radius 1 is 1.40 bits per heavy atom. The first kappa shape index (κ1) is 13.1. The van der Waals surface area contributed by atoms with Crippen LogP contribution >= 0.6 is 22.9 Å². The molecule has 0 radical (unpaired) electrons. The largest absolute Gasteiger partial charge is 0.323 e. The van der Waals surface area contributed by atoms with Gasteiger partial charge < -0.3 is 4.57 Å². The van der Waals surface area contributed by atoms with Gasteiger partial charge in [0.25, 0.3) is 0 Å². The van der Waals surface area contributed by atoms with E-state index in [0.717, 1.165) is 21.7 Å². The van der Waals surface area contributed by atoms with Crippen LogP contribution in [0.4, 0.5) is 0 Å². The standard InChI is InChI=1S/C14H11ClN4S/c15-5-4-13-18-14-10(6-16)2-1-3-12(14)19(13)8-11-7-17-9-20-11/h1-3,7,9H,4-5,8H2. The van der Waals surface area contributed by atoms with Gasteiger partial charge in [-0.3, -0.25) is 4.98 Å².